The van der Waals surface area contributed by atoms with Gasteiger partial charge in [-0.2, -0.15) is 0 Å². The van der Waals surface area contributed by atoms with E-state index in [1.165, 1.54) is 0 Å². The Kier molecular flexibility index (Phi) is 5.91. The van der Waals surface area contributed by atoms with Crippen LogP contribution in [0.3, 0.4) is 0 Å². The quantitative estimate of drug-likeness (QED) is 0.795. The summed E-state index contributed by atoms with van der Waals surface area (Å²) < 4.78 is 19.5. The van der Waals surface area contributed by atoms with E-state index in [1.54, 1.807) is 12.3 Å². The first kappa shape index (κ1) is 13.9. The lowest BCUT2D eigenvalue weighted by atomic mass is 10.2. The molecule has 0 aromatic carbocycles. The van der Waals surface area contributed by atoms with Crippen molar-refractivity contribution >= 4 is 0 Å². The van der Waals surface area contributed by atoms with Crippen molar-refractivity contribution in [2.24, 2.45) is 0 Å². The molecular weight excluding hydrogens is 219 g/mol. The molecule has 3 nitrogen and oxygen atoms in total. The Morgan fingerprint density at radius 2 is 2.24 bits per heavy atom. The Balaban J connectivity index is 2.72. The number of hydrogen-bond acceptors (Lipinski definition) is 3. The van der Waals surface area contributed by atoms with Crippen molar-refractivity contribution in [1.82, 2.24) is 10.3 Å². The molecule has 1 heterocycles. The van der Waals surface area contributed by atoms with Gasteiger partial charge >= 0.3 is 0 Å². The Morgan fingerprint density at radius 3 is 2.88 bits per heavy atom. The van der Waals surface area contributed by atoms with Crippen molar-refractivity contribution in [2.75, 3.05) is 6.54 Å². The summed E-state index contributed by atoms with van der Waals surface area (Å²) in [6.45, 7) is 7.31. The Bertz CT molecular complexity index is 344. The Hall–Kier alpha value is -1.16. The zero-order valence-corrected chi connectivity index (χ0v) is 10.8. The van der Waals surface area contributed by atoms with E-state index in [2.05, 4.69) is 17.2 Å². The lowest BCUT2D eigenvalue weighted by Gasteiger charge is -2.14. The van der Waals surface area contributed by atoms with Gasteiger partial charge in [-0.3, -0.25) is 0 Å². The van der Waals surface area contributed by atoms with E-state index in [4.69, 9.17) is 4.74 Å². The second kappa shape index (κ2) is 7.22. The van der Waals surface area contributed by atoms with Gasteiger partial charge in [0.2, 0.25) is 0 Å². The van der Waals surface area contributed by atoms with Crippen LogP contribution in [0.25, 0.3) is 0 Å². The van der Waals surface area contributed by atoms with Gasteiger partial charge in [0.15, 0.2) is 5.82 Å². The van der Waals surface area contributed by atoms with Crippen LogP contribution in [0.5, 0.6) is 5.88 Å². The maximum absolute atomic E-state index is 14.0. The van der Waals surface area contributed by atoms with Crippen LogP contribution >= 0.6 is 0 Å². The maximum Gasteiger partial charge on any atom is 0.250 e. The van der Waals surface area contributed by atoms with Gasteiger partial charge in [0, 0.05) is 18.3 Å². The van der Waals surface area contributed by atoms with Crippen LogP contribution in [0.2, 0.25) is 0 Å². The van der Waals surface area contributed by atoms with Crippen molar-refractivity contribution in [3.05, 3.63) is 23.6 Å². The molecule has 96 valence electrons. The summed E-state index contributed by atoms with van der Waals surface area (Å²) in [7, 11) is 0. The van der Waals surface area contributed by atoms with Crippen LogP contribution < -0.4 is 10.1 Å². The van der Waals surface area contributed by atoms with E-state index in [1.807, 2.05) is 13.8 Å². The molecular formula is C13H21FN2O. The molecule has 0 aliphatic heterocycles. The first-order valence-corrected chi connectivity index (χ1v) is 6.19. The second-order valence-corrected chi connectivity index (χ2v) is 4.09. The topological polar surface area (TPSA) is 34.1 Å². The Labute approximate surface area is 102 Å². The van der Waals surface area contributed by atoms with Crippen molar-refractivity contribution in [2.45, 2.75) is 46.3 Å². The summed E-state index contributed by atoms with van der Waals surface area (Å²) in [5.74, 6) is -0.238. The molecule has 0 aliphatic rings. The summed E-state index contributed by atoms with van der Waals surface area (Å²) in [4.78, 5) is 3.94. The molecule has 1 rings (SSSR count). The third-order valence-electron chi connectivity index (χ3n) is 2.51. The van der Waals surface area contributed by atoms with Gasteiger partial charge in [0.1, 0.15) is 0 Å². The highest BCUT2D eigenvalue weighted by atomic mass is 19.1. The van der Waals surface area contributed by atoms with Gasteiger partial charge in [-0.1, -0.05) is 20.3 Å². The third-order valence-corrected chi connectivity index (χ3v) is 2.51. The molecule has 0 saturated heterocycles. The molecule has 0 radical (unpaired) electrons. The van der Waals surface area contributed by atoms with Crippen molar-refractivity contribution in [1.29, 1.82) is 0 Å². The fraction of sp³-hybridized carbons (Fsp3) is 0.615. The zero-order chi connectivity index (χ0) is 12.7. The monoisotopic (exact) mass is 240 g/mol. The molecule has 1 aromatic rings. The number of rotatable bonds is 7. The number of nitrogens with one attached hydrogen (secondary N) is 1. The predicted octanol–water partition coefficient (Wildman–Crippen LogP) is 2.90. The molecule has 1 aromatic heterocycles. The van der Waals surface area contributed by atoms with Crippen LogP contribution in [-0.4, -0.2) is 17.6 Å². The fourth-order valence-electron chi connectivity index (χ4n) is 1.60. The van der Waals surface area contributed by atoms with Crippen LogP contribution in [0.4, 0.5) is 4.39 Å². The minimum atomic E-state index is -0.351. The number of aromatic nitrogens is 1. The van der Waals surface area contributed by atoms with Crippen LogP contribution in [-0.2, 0) is 6.54 Å². The lowest BCUT2D eigenvalue weighted by molar-refractivity contribution is 0.191. The summed E-state index contributed by atoms with van der Waals surface area (Å²) >= 11 is 0. The second-order valence-electron chi connectivity index (χ2n) is 4.09. The fourth-order valence-corrected chi connectivity index (χ4v) is 1.60. The molecule has 0 amide bonds. The van der Waals surface area contributed by atoms with Crippen molar-refractivity contribution in [3.63, 3.8) is 0 Å². The molecule has 4 heteroatoms. The van der Waals surface area contributed by atoms with Gasteiger partial charge in [0.05, 0.1) is 6.10 Å². The average molecular weight is 240 g/mol. The normalized spacial score (nSPS) is 12.5. The van der Waals surface area contributed by atoms with Crippen LogP contribution in [0, 0.1) is 5.82 Å². The highest BCUT2D eigenvalue weighted by molar-refractivity contribution is 5.23. The minimum Gasteiger partial charge on any atom is -0.473 e. The molecule has 1 N–H and O–H groups in total. The number of halogens is 1. The summed E-state index contributed by atoms with van der Waals surface area (Å²) in [6.07, 6.45) is 3.50. The SMILES string of the molecule is CCCC(C)Oc1nccc(CNCC)c1F. The maximum atomic E-state index is 14.0. The number of hydrogen-bond donors (Lipinski definition) is 1. The van der Waals surface area contributed by atoms with E-state index in [9.17, 15) is 4.39 Å². The van der Waals surface area contributed by atoms with E-state index in [0.717, 1.165) is 19.4 Å². The van der Waals surface area contributed by atoms with E-state index >= 15 is 0 Å². The molecule has 0 saturated carbocycles. The highest BCUT2D eigenvalue weighted by Gasteiger charge is 2.12. The molecule has 1 unspecified atom stereocenters. The Morgan fingerprint density at radius 1 is 1.47 bits per heavy atom. The van der Waals surface area contributed by atoms with Gasteiger partial charge in [0.25, 0.3) is 5.88 Å². The minimum absolute atomic E-state index is 0.00335. The smallest absolute Gasteiger partial charge is 0.250 e. The van der Waals surface area contributed by atoms with Crippen molar-refractivity contribution < 1.29 is 9.13 Å². The molecule has 0 fully saturated rings. The number of pyridine rings is 1. The van der Waals surface area contributed by atoms with Gasteiger partial charge in [-0.25, -0.2) is 9.37 Å². The highest BCUT2D eigenvalue weighted by Crippen LogP contribution is 2.19. The largest absolute Gasteiger partial charge is 0.473 e. The third kappa shape index (κ3) is 4.30. The van der Waals surface area contributed by atoms with Crippen LogP contribution in [0.15, 0.2) is 12.3 Å². The van der Waals surface area contributed by atoms with Gasteiger partial charge in [-0.15, -0.1) is 0 Å². The van der Waals surface area contributed by atoms with E-state index in [-0.39, 0.29) is 17.8 Å². The van der Waals surface area contributed by atoms with Gasteiger partial charge < -0.3 is 10.1 Å². The number of ether oxygens (including phenoxy) is 1. The zero-order valence-electron chi connectivity index (χ0n) is 10.8. The molecule has 1 atom stereocenters. The predicted molar refractivity (Wildman–Crippen MR) is 66.6 cm³/mol. The summed E-state index contributed by atoms with van der Waals surface area (Å²) in [6, 6.07) is 1.68. The van der Waals surface area contributed by atoms with Crippen molar-refractivity contribution in [3.8, 4) is 5.88 Å². The number of nitrogens with zero attached hydrogens (tertiary/aromatic N) is 1. The first-order chi connectivity index (χ1) is 8.19. The molecule has 0 bridgehead atoms. The van der Waals surface area contributed by atoms with Crippen LogP contribution in [0.1, 0.15) is 39.2 Å². The molecule has 0 aliphatic carbocycles. The lowest BCUT2D eigenvalue weighted by Crippen LogP contribution is -2.16. The van der Waals surface area contributed by atoms with E-state index < -0.39 is 0 Å². The summed E-state index contributed by atoms with van der Waals surface area (Å²) in [5.41, 5.74) is 0.598. The standard InChI is InChI=1S/C13H21FN2O/c1-4-6-10(3)17-13-12(14)11(7-8-16-13)9-15-5-2/h7-8,10,15H,4-6,9H2,1-3H3. The first-order valence-electron chi connectivity index (χ1n) is 6.19. The molecule has 17 heavy (non-hydrogen) atoms. The summed E-state index contributed by atoms with van der Waals surface area (Å²) in [5, 5.41) is 3.09. The van der Waals surface area contributed by atoms with E-state index in [0.29, 0.717) is 12.1 Å². The average Bonchev–Trinajstić information content (AvgIpc) is 2.30. The van der Waals surface area contributed by atoms with Gasteiger partial charge in [-0.05, 0) is 26.0 Å². The molecule has 0 spiro atoms.